The van der Waals surface area contributed by atoms with Crippen LogP contribution in [0.2, 0.25) is 0 Å². The zero-order chi connectivity index (χ0) is 11.3. The lowest BCUT2D eigenvalue weighted by molar-refractivity contribution is 0.0648. The Kier molecular flexibility index (Phi) is 4.68. The molecule has 3 nitrogen and oxygen atoms in total. The molecule has 0 radical (unpaired) electrons. The van der Waals surface area contributed by atoms with Gasteiger partial charge in [-0.2, -0.15) is 0 Å². The third-order valence-corrected chi connectivity index (χ3v) is 2.10. The minimum absolute atomic E-state index is 0.242. The quantitative estimate of drug-likeness (QED) is 0.753. The molecule has 0 spiro atoms. The normalized spacial score (nSPS) is 13.1. The van der Waals surface area contributed by atoms with E-state index in [9.17, 15) is 9.50 Å². The molecule has 0 aromatic heterocycles. The highest BCUT2D eigenvalue weighted by atomic mass is 19.1. The van der Waals surface area contributed by atoms with Crippen LogP contribution >= 0.6 is 0 Å². The van der Waals surface area contributed by atoms with Gasteiger partial charge in [0.1, 0.15) is 5.82 Å². The van der Waals surface area contributed by atoms with Crippen LogP contribution in [0, 0.1) is 5.82 Å². The third kappa shape index (κ3) is 4.38. The van der Waals surface area contributed by atoms with Crippen LogP contribution in [0.1, 0.15) is 5.56 Å². The molecule has 0 saturated heterocycles. The van der Waals surface area contributed by atoms with Gasteiger partial charge in [0.25, 0.3) is 0 Å². The highest BCUT2D eigenvalue weighted by Crippen LogP contribution is 2.05. The maximum atomic E-state index is 12.6. The topological polar surface area (TPSA) is 43.7 Å². The largest absolute Gasteiger partial charge is 0.394 e. The third-order valence-electron chi connectivity index (χ3n) is 2.10. The van der Waals surface area contributed by atoms with Crippen LogP contribution < -0.4 is 0 Å². The Balaban J connectivity index is 2.44. The maximum absolute atomic E-state index is 12.6. The summed E-state index contributed by atoms with van der Waals surface area (Å²) in [5, 5.41) is 17.9. The highest BCUT2D eigenvalue weighted by Gasteiger charge is 2.06. The summed E-state index contributed by atoms with van der Waals surface area (Å²) < 4.78 is 12.6. The second-order valence-electron chi connectivity index (χ2n) is 3.66. The van der Waals surface area contributed by atoms with Gasteiger partial charge in [-0.3, -0.25) is 4.90 Å². The van der Waals surface area contributed by atoms with E-state index in [1.807, 2.05) is 11.9 Å². The number of nitrogens with zero attached hydrogens (tertiary/aromatic N) is 1. The molecule has 0 saturated carbocycles. The molecule has 1 unspecified atom stereocenters. The van der Waals surface area contributed by atoms with Crippen molar-refractivity contribution in [2.45, 2.75) is 12.6 Å². The van der Waals surface area contributed by atoms with Gasteiger partial charge in [-0.15, -0.1) is 0 Å². The monoisotopic (exact) mass is 213 g/mol. The average molecular weight is 213 g/mol. The standard InChI is InChI=1S/C11H16FNO2/c1-13(7-11(15)8-14)6-9-2-4-10(12)5-3-9/h2-5,11,14-15H,6-8H2,1H3. The molecule has 15 heavy (non-hydrogen) atoms. The van der Waals surface area contributed by atoms with Crippen LogP contribution in [0.4, 0.5) is 4.39 Å². The molecule has 0 fully saturated rings. The van der Waals surface area contributed by atoms with Crippen molar-refractivity contribution in [2.24, 2.45) is 0 Å². The molecule has 4 heteroatoms. The maximum Gasteiger partial charge on any atom is 0.123 e. The van der Waals surface area contributed by atoms with Gasteiger partial charge in [-0.25, -0.2) is 4.39 Å². The minimum Gasteiger partial charge on any atom is -0.394 e. The number of halogens is 1. The lowest BCUT2D eigenvalue weighted by Crippen LogP contribution is -2.30. The molecule has 1 aromatic carbocycles. The molecule has 1 atom stereocenters. The van der Waals surface area contributed by atoms with Gasteiger partial charge in [-0.05, 0) is 24.7 Å². The van der Waals surface area contributed by atoms with Crippen molar-refractivity contribution in [3.05, 3.63) is 35.6 Å². The smallest absolute Gasteiger partial charge is 0.123 e. The van der Waals surface area contributed by atoms with E-state index in [1.54, 1.807) is 12.1 Å². The summed E-state index contributed by atoms with van der Waals surface area (Å²) in [5.74, 6) is -0.253. The van der Waals surface area contributed by atoms with E-state index < -0.39 is 6.10 Å². The van der Waals surface area contributed by atoms with Gasteiger partial charge in [0.05, 0.1) is 12.7 Å². The van der Waals surface area contributed by atoms with Crippen LogP contribution in [0.3, 0.4) is 0 Å². The number of aliphatic hydroxyl groups excluding tert-OH is 2. The van der Waals surface area contributed by atoms with E-state index in [0.29, 0.717) is 13.1 Å². The first-order valence-electron chi connectivity index (χ1n) is 4.83. The summed E-state index contributed by atoms with van der Waals surface area (Å²) in [6.45, 7) is 0.777. The molecule has 1 aromatic rings. The zero-order valence-corrected chi connectivity index (χ0v) is 8.73. The van der Waals surface area contributed by atoms with Crippen molar-refractivity contribution in [1.82, 2.24) is 4.90 Å². The van der Waals surface area contributed by atoms with Gasteiger partial charge in [0.2, 0.25) is 0 Å². The zero-order valence-electron chi connectivity index (χ0n) is 8.73. The fourth-order valence-corrected chi connectivity index (χ4v) is 1.38. The first-order valence-corrected chi connectivity index (χ1v) is 4.83. The lowest BCUT2D eigenvalue weighted by Gasteiger charge is -2.19. The van der Waals surface area contributed by atoms with E-state index in [1.165, 1.54) is 12.1 Å². The van der Waals surface area contributed by atoms with Crippen molar-refractivity contribution >= 4 is 0 Å². The Labute approximate surface area is 88.8 Å². The van der Waals surface area contributed by atoms with E-state index >= 15 is 0 Å². The predicted octanol–water partition coefficient (Wildman–Crippen LogP) is 0.611. The van der Waals surface area contributed by atoms with E-state index in [0.717, 1.165) is 5.56 Å². The molecular formula is C11H16FNO2. The van der Waals surface area contributed by atoms with Crippen molar-refractivity contribution in [2.75, 3.05) is 20.2 Å². The number of aliphatic hydroxyl groups is 2. The second-order valence-corrected chi connectivity index (χ2v) is 3.66. The molecule has 84 valence electrons. The molecule has 0 aliphatic heterocycles. The Morgan fingerprint density at radius 1 is 1.33 bits per heavy atom. The first kappa shape index (κ1) is 12.1. The number of benzene rings is 1. The van der Waals surface area contributed by atoms with Crippen molar-refractivity contribution in [1.29, 1.82) is 0 Å². The molecule has 1 rings (SSSR count). The van der Waals surface area contributed by atoms with E-state index in [2.05, 4.69) is 0 Å². The summed E-state index contributed by atoms with van der Waals surface area (Å²) in [6.07, 6.45) is -0.726. The molecule has 0 bridgehead atoms. The number of rotatable bonds is 5. The minimum atomic E-state index is -0.726. The Bertz CT molecular complexity index is 289. The van der Waals surface area contributed by atoms with E-state index in [4.69, 9.17) is 5.11 Å². The summed E-state index contributed by atoms with van der Waals surface area (Å²) in [7, 11) is 1.84. The fourth-order valence-electron chi connectivity index (χ4n) is 1.38. The van der Waals surface area contributed by atoms with Crippen molar-refractivity contribution < 1.29 is 14.6 Å². The Hall–Kier alpha value is -0.970. The van der Waals surface area contributed by atoms with Crippen LogP contribution in [0.15, 0.2) is 24.3 Å². The molecule has 2 N–H and O–H groups in total. The van der Waals surface area contributed by atoms with Crippen LogP contribution in [0.25, 0.3) is 0 Å². The highest BCUT2D eigenvalue weighted by molar-refractivity contribution is 5.15. The average Bonchev–Trinajstić information content (AvgIpc) is 2.21. The van der Waals surface area contributed by atoms with Gasteiger partial charge in [0.15, 0.2) is 0 Å². The van der Waals surface area contributed by atoms with Crippen LogP contribution in [-0.4, -0.2) is 41.4 Å². The summed E-state index contributed by atoms with van der Waals surface area (Å²) >= 11 is 0. The first-order chi connectivity index (χ1) is 7.11. The fraction of sp³-hybridized carbons (Fsp3) is 0.455. The Morgan fingerprint density at radius 3 is 2.47 bits per heavy atom. The lowest BCUT2D eigenvalue weighted by atomic mass is 10.2. The number of likely N-dealkylation sites (N-methyl/N-ethyl adjacent to an activating group) is 1. The number of hydrogen-bond donors (Lipinski definition) is 2. The number of hydrogen-bond acceptors (Lipinski definition) is 3. The molecule has 0 aliphatic rings. The van der Waals surface area contributed by atoms with Gasteiger partial charge in [-0.1, -0.05) is 12.1 Å². The van der Waals surface area contributed by atoms with E-state index in [-0.39, 0.29) is 12.4 Å². The molecular weight excluding hydrogens is 197 g/mol. The van der Waals surface area contributed by atoms with Gasteiger partial charge >= 0.3 is 0 Å². The SMILES string of the molecule is CN(Cc1ccc(F)cc1)CC(O)CO. The molecule has 0 amide bonds. The van der Waals surface area contributed by atoms with Crippen LogP contribution in [-0.2, 0) is 6.54 Å². The Morgan fingerprint density at radius 2 is 1.93 bits per heavy atom. The molecule has 0 heterocycles. The summed E-state index contributed by atoms with van der Waals surface area (Å²) in [5.41, 5.74) is 0.976. The molecule has 0 aliphatic carbocycles. The van der Waals surface area contributed by atoms with Gasteiger partial charge < -0.3 is 10.2 Å². The predicted molar refractivity (Wildman–Crippen MR) is 55.8 cm³/mol. The van der Waals surface area contributed by atoms with Crippen LogP contribution in [0.5, 0.6) is 0 Å². The van der Waals surface area contributed by atoms with Crippen molar-refractivity contribution in [3.8, 4) is 0 Å². The second kappa shape index (κ2) is 5.80. The summed E-state index contributed by atoms with van der Waals surface area (Å²) in [4.78, 5) is 1.87. The summed E-state index contributed by atoms with van der Waals surface area (Å²) in [6, 6.07) is 6.23. The van der Waals surface area contributed by atoms with Crippen molar-refractivity contribution in [3.63, 3.8) is 0 Å². The van der Waals surface area contributed by atoms with Gasteiger partial charge in [0, 0.05) is 13.1 Å².